The highest BCUT2D eigenvalue weighted by Crippen LogP contribution is 2.31. The number of rotatable bonds is 4. The lowest BCUT2D eigenvalue weighted by molar-refractivity contribution is 0.406. The molecule has 0 saturated heterocycles. The Hall–Kier alpha value is -2.31. The lowest BCUT2D eigenvalue weighted by Gasteiger charge is -2.08. The molecule has 0 saturated carbocycles. The Morgan fingerprint density at radius 2 is 1.87 bits per heavy atom. The summed E-state index contributed by atoms with van der Waals surface area (Å²) in [5.41, 5.74) is 0.945. The van der Waals surface area contributed by atoms with Crippen molar-refractivity contribution in [1.29, 1.82) is 0 Å². The van der Waals surface area contributed by atoms with Gasteiger partial charge in [-0.1, -0.05) is 34.1 Å². The van der Waals surface area contributed by atoms with Crippen LogP contribution in [0.5, 0.6) is 11.5 Å². The van der Waals surface area contributed by atoms with Crippen molar-refractivity contribution in [2.24, 2.45) is 0 Å². The molecule has 0 bridgehead atoms. The van der Waals surface area contributed by atoms with Crippen molar-refractivity contribution >= 4 is 26.9 Å². The Balaban J connectivity index is 1.80. The van der Waals surface area contributed by atoms with Crippen LogP contribution in [-0.4, -0.2) is 10.2 Å². The van der Waals surface area contributed by atoms with Crippen LogP contribution in [0.2, 0.25) is 0 Å². The number of aromatic hydroxyl groups is 2. The van der Waals surface area contributed by atoms with Gasteiger partial charge in [-0.3, -0.25) is 4.79 Å². The fourth-order valence-corrected chi connectivity index (χ4v) is 2.75. The summed E-state index contributed by atoms with van der Waals surface area (Å²) in [5.74, 6) is -0.340. The summed E-state index contributed by atoms with van der Waals surface area (Å²) in [7, 11) is 0. The molecule has 3 aromatic rings. The maximum atomic E-state index is 12.1. The van der Waals surface area contributed by atoms with E-state index < -0.39 is 11.2 Å². The Bertz CT molecular complexity index is 920. The molecule has 0 aliphatic heterocycles. The summed E-state index contributed by atoms with van der Waals surface area (Å²) >= 11 is 3.48. The maximum absolute atomic E-state index is 12.1. The molecule has 0 aliphatic rings. The standard InChI is InChI=1S/C17H14BrNO4/c18-12-4-2-1-3-10(12)8-19-9-11-7-14(21)16-15(23-11)6-5-13(20)17(16)22/h1-7,19-20,22H,8-9H2. The minimum atomic E-state index is -0.455. The van der Waals surface area contributed by atoms with Crippen LogP contribution in [0, 0.1) is 0 Å². The van der Waals surface area contributed by atoms with Crippen molar-refractivity contribution < 1.29 is 14.6 Å². The van der Waals surface area contributed by atoms with Gasteiger partial charge in [0.05, 0.1) is 6.54 Å². The summed E-state index contributed by atoms with van der Waals surface area (Å²) in [5, 5.41) is 22.4. The highest BCUT2D eigenvalue weighted by molar-refractivity contribution is 9.10. The van der Waals surface area contributed by atoms with Crippen LogP contribution in [0.25, 0.3) is 11.0 Å². The fourth-order valence-electron chi connectivity index (χ4n) is 2.32. The molecule has 0 radical (unpaired) electrons. The van der Waals surface area contributed by atoms with E-state index in [0.717, 1.165) is 10.0 Å². The Morgan fingerprint density at radius 3 is 2.65 bits per heavy atom. The third-order valence-electron chi connectivity index (χ3n) is 3.47. The molecule has 1 aromatic heterocycles. The summed E-state index contributed by atoms with van der Waals surface area (Å²) in [6, 6.07) is 11.9. The summed E-state index contributed by atoms with van der Waals surface area (Å²) in [6.45, 7) is 0.984. The molecule has 0 amide bonds. The van der Waals surface area contributed by atoms with E-state index in [-0.39, 0.29) is 16.7 Å². The number of hydrogen-bond acceptors (Lipinski definition) is 5. The van der Waals surface area contributed by atoms with Crippen LogP contribution in [0.3, 0.4) is 0 Å². The minimum absolute atomic E-state index is 0.0143. The molecule has 6 heteroatoms. The van der Waals surface area contributed by atoms with Crippen molar-refractivity contribution in [3.63, 3.8) is 0 Å². The Kier molecular flexibility index (Phi) is 4.36. The second-order valence-corrected chi connectivity index (χ2v) is 5.93. The maximum Gasteiger partial charge on any atom is 0.196 e. The Labute approximate surface area is 140 Å². The average molecular weight is 376 g/mol. The number of halogens is 1. The van der Waals surface area contributed by atoms with E-state index in [1.54, 1.807) is 0 Å². The van der Waals surface area contributed by atoms with Gasteiger partial charge in [0.25, 0.3) is 0 Å². The van der Waals surface area contributed by atoms with Gasteiger partial charge in [-0.25, -0.2) is 0 Å². The summed E-state index contributed by atoms with van der Waals surface area (Å²) < 4.78 is 6.61. The number of fused-ring (bicyclic) bond motifs is 1. The predicted octanol–water partition coefficient (Wildman–Crippen LogP) is 3.26. The van der Waals surface area contributed by atoms with Crippen LogP contribution in [0.4, 0.5) is 0 Å². The van der Waals surface area contributed by atoms with Gasteiger partial charge in [0, 0.05) is 17.1 Å². The molecule has 118 valence electrons. The van der Waals surface area contributed by atoms with Gasteiger partial charge in [-0.2, -0.15) is 0 Å². The lowest BCUT2D eigenvalue weighted by Crippen LogP contribution is -2.14. The molecule has 0 unspecified atom stereocenters. The van der Waals surface area contributed by atoms with Crippen molar-refractivity contribution in [1.82, 2.24) is 5.32 Å². The van der Waals surface area contributed by atoms with Gasteiger partial charge in [-0.05, 0) is 23.8 Å². The second-order valence-electron chi connectivity index (χ2n) is 5.08. The SMILES string of the molecule is O=c1cc(CNCc2ccccc2Br)oc2ccc(O)c(O)c12. The van der Waals surface area contributed by atoms with Crippen molar-refractivity contribution in [3.8, 4) is 11.5 Å². The third-order valence-corrected chi connectivity index (χ3v) is 4.24. The van der Waals surface area contributed by atoms with Crippen LogP contribution in [-0.2, 0) is 13.1 Å². The highest BCUT2D eigenvalue weighted by Gasteiger charge is 2.12. The van der Waals surface area contributed by atoms with Gasteiger partial charge in [0.15, 0.2) is 16.9 Å². The van der Waals surface area contributed by atoms with Gasteiger partial charge in [0.1, 0.15) is 16.7 Å². The monoisotopic (exact) mass is 375 g/mol. The molecule has 0 spiro atoms. The zero-order valence-electron chi connectivity index (χ0n) is 12.0. The quantitative estimate of drug-likeness (QED) is 0.609. The van der Waals surface area contributed by atoms with Gasteiger partial charge in [0.2, 0.25) is 0 Å². The molecule has 3 rings (SSSR count). The first kappa shape index (κ1) is 15.6. The third kappa shape index (κ3) is 3.23. The number of phenolic OH excluding ortho intramolecular Hbond substituents is 2. The first-order valence-electron chi connectivity index (χ1n) is 6.98. The summed E-state index contributed by atoms with van der Waals surface area (Å²) in [4.78, 5) is 12.1. The molecule has 3 N–H and O–H groups in total. The van der Waals surface area contributed by atoms with Crippen LogP contribution in [0.1, 0.15) is 11.3 Å². The molecular formula is C17H14BrNO4. The molecule has 23 heavy (non-hydrogen) atoms. The van der Waals surface area contributed by atoms with Crippen molar-refractivity contribution in [2.45, 2.75) is 13.1 Å². The van der Waals surface area contributed by atoms with E-state index in [9.17, 15) is 15.0 Å². The number of nitrogens with one attached hydrogen (secondary N) is 1. The Morgan fingerprint density at radius 1 is 1.09 bits per heavy atom. The van der Waals surface area contributed by atoms with E-state index in [4.69, 9.17) is 4.42 Å². The van der Waals surface area contributed by atoms with Gasteiger partial charge < -0.3 is 19.9 Å². The predicted molar refractivity (Wildman–Crippen MR) is 90.5 cm³/mol. The van der Waals surface area contributed by atoms with E-state index in [1.807, 2.05) is 24.3 Å². The van der Waals surface area contributed by atoms with Crippen LogP contribution >= 0.6 is 15.9 Å². The molecule has 2 aromatic carbocycles. The lowest BCUT2D eigenvalue weighted by atomic mass is 10.2. The molecule has 0 aliphatic carbocycles. The molecule has 0 fully saturated rings. The number of hydrogen-bond donors (Lipinski definition) is 3. The zero-order chi connectivity index (χ0) is 16.4. The van der Waals surface area contributed by atoms with E-state index in [2.05, 4.69) is 21.2 Å². The molecule has 0 atom stereocenters. The van der Waals surface area contributed by atoms with Gasteiger partial charge >= 0.3 is 0 Å². The van der Waals surface area contributed by atoms with Crippen molar-refractivity contribution in [3.05, 3.63) is 68.5 Å². The van der Waals surface area contributed by atoms with Crippen LogP contribution in [0.15, 0.2) is 56.1 Å². The molecule has 1 heterocycles. The molecule has 5 nitrogen and oxygen atoms in total. The zero-order valence-corrected chi connectivity index (χ0v) is 13.6. The first-order valence-corrected chi connectivity index (χ1v) is 7.77. The minimum Gasteiger partial charge on any atom is -0.504 e. The number of benzene rings is 2. The van der Waals surface area contributed by atoms with Crippen molar-refractivity contribution in [2.75, 3.05) is 0 Å². The topological polar surface area (TPSA) is 82.7 Å². The fraction of sp³-hybridized carbons (Fsp3) is 0.118. The smallest absolute Gasteiger partial charge is 0.196 e. The highest BCUT2D eigenvalue weighted by atomic mass is 79.9. The average Bonchev–Trinajstić information content (AvgIpc) is 2.52. The number of phenols is 2. The van der Waals surface area contributed by atoms with Crippen LogP contribution < -0.4 is 10.7 Å². The van der Waals surface area contributed by atoms with E-state index in [1.165, 1.54) is 18.2 Å². The normalized spacial score (nSPS) is 11.0. The second kappa shape index (κ2) is 6.44. The molecular weight excluding hydrogens is 362 g/mol. The first-order chi connectivity index (χ1) is 11.1. The van der Waals surface area contributed by atoms with Gasteiger partial charge in [-0.15, -0.1) is 0 Å². The van der Waals surface area contributed by atoms with E-state index >= 15 is 0 Å². The summed E-state index contributed by atoms with van der Waals surface area (Å²) in [6.07, 6.45) is 0. The largest absolute Gasteiger partial charge is 0.504 e. The van der Waals surface area contributed by atoms with E-state index in [0.29, 0.717) is 18.8 Å².